The Morgan fingerprint density at radius 2 is 1.86 bits per heavy atom. The first kappa shape index (κ1) is 32.4. The topological polar surface area (TPSA) is 85.6 Å². The number of amides is 1. The van der Waals surface area contributed by atoms with Gasteiger partial charge >= 0.3 is 6.01 Å². The number of benzene rings is 3. The molecule has 250 valence electrons. The average Bonchev–Trinajstić information content (AvgIpc) is 3.68. The van der Waals surface area contributed by atoms with Gasteiger partial charge in [0.15, 0.2) is 11.6 Å². The van der Waals surface area contributed by atoms with E-state index in [9.17, 15) is 18.8 Å². The predicted molar refractivity (Wildman–Crippen MR) is 177 cm³/mol. The van der Waals surface area contributed by atoms with Crippen molar-refractivity contribution in [3.8, 4) is 35.6 Å². The van der Waals surface area contributed by atoms with Crippen LogP contribution < -0.4 is 9.64 Å². The Labute approximate surface area is 280 Å². The SMILES string of the molecule is C#Cc1c(F)ccc2cccc(-c3c(F)cc4c(N5CCN(C(=O)C(=C)F)[C@@H](CC#N)C5)nc(OCC56CCCN5CCC6)nc4c3F)c12. The summed E-state index contributed by atoms with van der Waals surface area (Å²) in [6, 6.07) is 9.75. The highest BCUT2D eigenvalue weighted by atomic mass is 19.1. The molecule has 0 unspecified atom stereocenters. The molecule has 0 saturated carbocycles. The van der Waals surface area contributed by atoms with Gasteiger partial charge in [0.1, 0.15) is 29.6 Å². The van der Waals surface area contributed by atoms with Crippen LogP contribution in [-0.2, 0) is 4.79 Å². The number of rotatable bonds is 7. The van der Waals surface area contributed by atoms with Gasteiger partial charge in [-0.1, -0.05) is 36.8 Å². The number of anilines is 1. The van der Waals surface area contributed by atoms with Gasteiger partial charge in [-0.25, -0.2) is 17.6 Å². The number of terminal acetylenes is 1. The maximum atomic E-state index is 16.9. The van der Waals surface area contributed by atoms with Crippen molar-refractivity contribution in [1.29, 1.82) is 5.26 Å². The van der Waals surface area contributed by atoms with Crippen molar-refractivity contribution in [2.45, 2.75) is 43.7 Å². The molecule has 0 spiro atoms. The normalized spacial score (nSPS) is 18.8. The number of fused-ring (bicyclic) bond motifs is 3. The van der Waals surface area contributed by atoms with E-state index in [1.807, 2.05) is 6.07 Å². The zero-order valence-electron chi connectivity index (χ0n) is 26.6. The maximum Gasteiger partial charge on any atom is 0.319 e. The molecule has 4 aromatic rings. The molecule has 3 aliphatic rings. The number of nitriles is 1. The molecule has 1 amide bonds. The highest BCUT2D eigenvalue weighted by Crippen LogP contribution is 2.42. The molecule has 1 aromatic heterocycles. The Morgan fingerprint density at radius 1 is 1.08 bits per heavy atom. The van der Waals surface area contributed by atoms with Gasteiger partial charge in [0.05, 0.1) is 35.2 Å². The Kier molecular flexibility index (Phi) is 8.37. The molecule has 0 bridgehead atoms. The summed E-state index contributed by atoms with van der Waals surface area (Å²) in [7, 11) is 0. The van der Waals surface area contributed by atoms with Crippen molar-refractivity contribution < 1.29 is 27.1 Å². The van der Waals surface area contributed by atoms with E-state index in [4.69, 9.17) is 11.2 Å². The van der Waals surface area contributed by atoms with E-state index < -0.39 is 40.8 Å². The molecule has 49 heavy (non-hydrogen) atoms. The second-order valence-corrected chi connectivity index (χ2v) is 12.8. The van der Waals surface area contributed by atoms with Gasteiger partial charge in [-0.2, -0.15) is 15.2 Å². The molecular weight excluding hydrogens is 636 g/mol. The predicted octanol–water partition coefficient (Wildman–Crippen LogP) is 6.27. The molecule has 3 aromatic carbocycles. The van der Waals surface area contributed by atoms with Crippen LogP contribution in [0, 0.1) is 41.1 Å². The van der Waals surface area contributed by atoms with Gasteiger partial charge in [0, 0.05) is 30.4 Å². The number of hydrogen-bond acceptors (Lipinski definition) is 7. The highest BCUT2D eigenvalue weighted by Gasteiger charge is 2.45. The number of nitrogens with zero attached hydrogens (tertiary/aromatic N) is 6. The van der Waals surface area contributed by atoms with Crippen molar-refractivity contribution >= 4 is 33.4 Å². The minimum Gasteiger partial charge on any atom is -0.461 e. The van der Waals surface area contributed by atoms with E-state index in [1.165, 1.54) is 23.1 Å². The minimum atomic E-state index is -1.15. The fourth-order valence-corrected chi connectivity index (χ4v) is 7.83. The number of carbonyl (C=O) groups excluding carboxylic acids is 1. The van der Waals surface area contributed by atoms with Crippen LogP contribution in [0.4, 0.5) is 23.4 Å². The summed E-state index contributed by atoms with van der Waals surface area (Å²) in [5.74, 6) is -2.27. The molecule has 12 heteroatoms. The molecule has 1 atom stereocenters. The number of carbonyl (C=O) groups is 1. The smallest absolute Gasteiger partial charge is 0.319 e. The number of piperazine rings is 1. The van der Waals surface area contributed by atoms with Crippen molar-refractivity contribution in [2.24, 2.45) is 0 Å². The quantitative estimate of drug-likeness (QED) is 0.130. The highest BCUT2D eigenvalue weighted by molar-refractivity contribution is 6.03. The van der Waals surface area contributed by atoms with Crippen molar-refractivity contribution in [3.05, 3.63) is 71.8 Å². The van der Waals surface area contributed by atoms with E-state index >= 15 is 8.78 Å². The zero-order valence-corrected chi connectivity index (χ0v) is 26.6. The lowest BCUT2D eigenvalue weighted by Crippen LogP contribution is -2.55. The Balaban J connectivity index is 1.38. The molecule has 8 nitrogen and oxygen atoms in total. The Morgan fingerprint density at radius 3 is 2.57 bits per heavy atom. The Hall–Kier alpha value is -5.20. The third-order valence-corrected chi connectivity index (χ3v) is 10.1. The van der Waals surface area contributed by atoms with Crippen LogP contribution in [0.15, 0.2) is 48.8 Å². The summed E-state index contributed by atoms with van der Waals surface area (Å²) in [5.41, 5.74) is -0.910. The lowest BCUT2D eigenvalue weighted by molar-refractivity contribution is -0.131. The summed E-state index contributed by atoms with van der Waals surface area (Å²) < 4.78 is 68.2. The molecule has 3 fully saturated rings. The molecular formula is C37H32F4N6O2. The first-order valence-electron chi connectivity index (χ1n) is 16.2. The van der Waals surface area contributed by atoms with E-state index in [0.29, 0.717) is 5.39 Å². The standard InChI is InChI=1S/C37H32F4N6O2/c1-3-25-28(39)10-9-23-7-4-8-26(30(23)25)31-29(40)19-27-33(32(31)41)43-36(49-21-37-12-5-15-46(37)16-6-13-37)44-34(27)45-17-18-47(35(48)22(2)38)24(20-45)11-14-42/h1,4,7-10,19,24H,2,5-6,11-13,15-18,20-21H2/t24-/m0/s1. The molecule has 3 saturated heterocycles. The summed E-state index contributed by atoms with van der Waals surface area (Å²) in [6.07, 6.45) is 9.48. The average molecular weight is 669 g/mol. The van der Waals surface area contributed by atoms with Gasteiger partial charge in [-0.3, -0.25) is 9.69 Å². The van der Waals surface area contributed by atoms with Gasteiger partial charge in [-0.05, 0) is 61.9 Å². The number of aromatic nitrogens is 2. The van der Waals surface area contributed by atoms with Gasteiger partial charge in [0.2, 0.25) is 0 Å². The molecule has 7 rings (SSSR count). The second-order valence-electron chi connectivity index (χ2n) is 12.8. The maximum absolute atomic E-state index is 16.9. The van der Waals surface area contributed by atoms with Crippen LogP contribution in [0.2, 0.25) is 0 Å². The summed E-state index contributed by atoms with van der Waals surface area (Å²) >= 11 is 0. The van der Waals surface area contributed by atoms with E-state index in [0.717, 1.165) is 44.8 Å². The summed E-state index contributed by atoms with van der Waals surface area (Å²) in [6.45, 7) is 5.45. The van der Waals surface area contributed by atoms with Crippen LogP contribution in [0.3, 0.4) is 0 Å². The lowest BCUT2D eigenvalue weighted by atomic mass is 9.93. The monoisotopic (exact) mass is 668 g/mol. The van der Waals surface area contributed by atoms with E-state index in [-0.39, 0.29) is 77.4 Å². The third kappa shape index (κ3) is 5.50. The van der Waals surface area contributed by atoms with Gasteiger partial charge in [0.25, 0.3) is 5.91 Å². The number of halogens is 4. The summed E-state index contributed by atoms with van der Waals surface area (Å²) in [5, 5.41) is 10.2. The van der Waals surface area contributed by atoms with Crippen LogP contribution >= 0.6 is 0 Å². The van der Waals surface area contributed by atoms with Gasteiger partial charge in [-0.15, -0.1) is 6.42 Å². The van der Waals surface area contributed by atoms with Crippen LogP contribution in [-0.4, -0.2) is 76.6 Å². The third-order valence-electron chi connectivity index (χ3n) is 10.1. The zero-order chi connectivity index (χ0) is 34.4. The van der Waals surface area contributed by atoms with Crippen LogP contribution in [0.5, 0.6) is 6.01 Å². The van der Waals surface area contributed by atoms with Gasteiger partial charge < -0.3 is 14.5 Å². The molecule has 0 aliphatic carbocycles. The number of hydrogen-bond donors (Lipinski definition) is 0. The molecule has 4 heterocycles. The second kappa shape index (κ2) is 12.7. The van der Waals surface area contributed by atoms with E-state index in [1.54, 1.807) is 17.0 Å². The fourth-order valence-electron chi connectivity index (χ4n) is 7.83. The summed E-state index contributed by atoms with van der Waals surface area (Å²) in [4.78, 5) is 27.0. The van der Waals surface area contributed by atoms with Crippen molar-refractivity contribution in [3.63, 3.8) is 0 Å². The van der Waals surface area contributed by atoms with Crippen LogP contribution in [0.25, 0.3) is 32.8 Å². The van der Waals surface area contributed by atoms with Crippen LogP contribution in [0.1, 0.15) is 37.7 Å². The first-order valence-corrected chi connectivity index (χ1v) is 16.2. The van der Waals surface area contributed by atoms with Crippen molar-refractivity contribution in [1.82, 2.24) is 19.8 Å². The first-order chi connectivity index (χ1) is 23.7. The van der Waals surface area contributed by atoms with E-state index in [2.05, 4.69) is 27.4 Å². The van der Waals surface area contributed by atoms with Crippen molar-refractivity contribution in [2.75, 3.05) is 44.2 Å². The number of ether oxygens (including phenoxy) is 1. The minimum absolute atomic E-state index is 0.00730. The molecule has 3 aliphatic heterocycles. The fraction of sp³-hybridized carbons (Fsp3) is 0.351. The molecule has 0 radical (unpaired) electrons. The Bertz CT molecular complexity index is 2100. The molecule has 0 N–H and O–H groups in total. The lowest BCUT2D eigenvalue weighted by Gasteiger charge is -2.41. The largest absolute Gasteiger partial charge is 0.461 e.